The van der Waals surface area contributed by atoms with Crippen LogP contribution in [0.25, 0.3) is 12.2 Å². The summed E-state index contributed by atoms with van der Waals surface area (Å²) in [4.78, 5) is 0. The fraction of sp³-hybridized carbons (Fsp3) is 0. The lowest BCUT2D eigenvalue weighted by molar-refractivity contribution is 1.23. The number of nitrogens with two attached hydrogens (primary N) is 2. The maximum absolute atomic E-state index is 5.76. The Labute approximate surface area is 106 Å². The quantitative estimate of drug-likeness (QED) is 0.283. The molecule has 0 radical (unpaired) electrons. The highest BCUT2D eigenvalue weighted by Gasteiger charge is 2.02. The fourth-order valence-electron chi connectivity index (χ4n) is 1.70. The van der Waals surface area contributed by atoms with E-state index in [1.165, 1.54) is 0 Å². The number of amidine groups is 1. The molecule has 0 aromatic heterocycles. The first-order valence-electron chi connectivity index (χ1n) is 5.67. The Morgan fingerprint density at radius 2 is 1.56 bits per heavy atom. The zero-order chi connectivity index (χ0) is 12.8. The van der Waals surface area contributed by atoms with Gasteiger partial charge < -0.3 is 11.6 Å². The third-order valence-electron chi connectivity index (χ3n) is 2.63. The van der Waals surface area contributed by atoms with E-state index in [0.29, 0.717) is 5.84 Å². The van der Waals surface area contributed by atoms with Crippen LogP contribution in [0.4, 0.5) is 0 Å². The van der Waals surface area contributed by atoms with Crippen molar-refractivity contribution >= 4 is 18.0 Å². The SMILES string of the molecule is N/N=C(\N)c1ccccc1/C=C/c1ccccc1. The second-order valence-electron chi connectivity index (χ2n) is 3.85. The molecule has 0 atom stereocenters. The molecule has 0 fully saturated rings. The summed E-state index contributed by atoms with van der Waals surface area (Å²) in [7, 11) is 0. The van der Waals surface area contributed by atoms with Crippen molar-refractivity contribution in [3.63, 3.8) is 0 Å². The maximum atomic E-state index is 5.76. The highest BCUT2D eigenvalue weighted by molar-refractivity contribution is 6.01. The molecule has 3 heteroatoms. The zero-order valence-corrected chi connectivity index (χ0v) is 9.95. The summed E-state index contributed by atoms with van der Waals surface area (Å²) < 4.78 is 0. The summed E-state index contributed by atoms with van der Waals surface area (Å²) in [6.07, 6.45) is 4.03. The summed E-state index contributed by atoms with van der Waals surface area (Å²) in [5.74, 6) is 5.56. The van der Waals surface area contributed by atoms with E-state index in [0.717, 1.165) is 16.7 Å². The Kier molecular flexibility index (Phi) is 3.76. The normalized spacial score (nSPS) is 11.9. The Balaban J connectivity index is 2.33. The molecule has 3 nitrogen and oxygen atoms in total. The predicted octanol–water partition coefficient (Wildman–Crippen LogP) is 2.44. The minimum atomic E-state index is 0.336. The average molecular weight is 237 g/mol. The molecule has 0 spiro atoms. The summed E-state index contributed by atoms with van der Waals surface area (Å²) >= 11 is 0. The number of hydrogen-bond donors (Lipinski definition) is 2. The number of nitrogens with zero attached hydrogens (tertiary/aromatic N) is 1. The lowest BCUT2D eigenvalue weighted by Gasteiger charge is -2.03. The van der Waals surface area contributed by atoms with Crippen molar-refractivity contribution in [1.82, 2.24) is 0 Å². The monoisotopic (exact) mass is 237 g/mol. The molecule has 2 rings (SSSR count). The molecule has 0 aliphatic heterocycles. The van der Waals surface area contributed by atoms with Crippen LogP contribution < -0.4 is 11.6 Å². The van der Waals surface area contributed by atoms with Crippen LogP contribution in [-0.2, 0) is 0 Å². The molecule has 0 unspecified atom stereocenters. The van der Waals surface area contributed by atoms with Gasteiger partial charge in [0, 0.05) is 5.56 Å². The van der Waals surface area contributed by atoms with E-state index in [9.17, 15) is 0 Å². The fourth-order valence-corrected chi connectivity index (χ4v) is 1.70. The van der Waals surface area contributed by atoms with E-state index in [1.807, 2.05) is 66.7 Å². The molecule has 18 heavy (non-hydrogen) atoms. The Morgan fingerprint density at radius 3 is 2.28 bits per heavy atom. The highest BCUT2D eigenvalue weighted by Crippen LogP contribution is 2.13. The van der Waals surface area contributed by atoms with Crippen molar-refractivity contribution in [2.75, 3.05) is 0 Å². The molecule has 0 bridgehead atoms. The number of rotatable bonds is 3. The molecule has 0 heterocycles. The topological polar surface area (TPSA) is 64.4 Å². The van der Waals surface area contributed by atoms with Crippen molar-refractivity contribution in [2.45, 2.75) is 0 Å². The van der Waals surface area contributed by atoms with Crippen LogP contribution in [0.15, 0.2) is 59.7 Å². The van der Waals surface area contributed by atoms with E-state index in [4.69, 9.17) is 11.6 Å². The van der Waals surface area contributed by atoms with E-state index in [-0.39, 0.29) is 0 Å². The van der Waals surface area contributed by atoms with Crippen LogP contribution in [-0.4, -0.2) is 5.84 Å². The first-order chi connectivity index (χ1) is 8.81. The molecule has 0 aliphatic carbocycles. The van der Waals surface area contributed by atoms with Crippen molar-refractivity contribution in [2.24, 2.45) is 16.7 Å². The smallest absolute Gasteiger partial charge is 0.150 e. The summed E-state index contributed by atoms with van der Waals surface area (Å²) in [5.41, 5.74) is 8.72. The first-order valence-corrected chi connectivity index (χ1v) is 5.67. The maximum Gasteiger partial charge on any atom is 0.150 e. The largest absolute Gasteiger partial charge is 0.382 e. The third-order valence-corrected chi connectivity index (χ3v) is 2.63. The van der Waals surface area contributed by atoms with Gasteiger partial charge in [-0.15, -0.1) is 0 Å². The Morgan fingerprint density at radius 1 is 0.889 bits per heavy atom. The van der Waals surface area contributed by atoms with Gasteiger partial charge in [0.1, 0.15) is 0 Å². The van der Waals surface area contributed by atoms with Crippen molar-refractivity contribution in [3.05, 3.63) is 71.3 Å². The van der Waals surface area contributed by atoms with Gasteiger partial charge in [0.25, 0.3) is 0 Å². The summed E-state index contributed by atoms with van der Waals surface area (Å²) in [6, 6.07) is 17.8. The minimum absolute atomic E-state index is 0.336. The van der Waals surface area contributed by atoms with Crippen LogP contribution >= 0.6 is 0 Å². The standard InChI is InChI=1S/C15H15N3/c16-15(18-17)14-9-5-4-8-13(14)11-10-12-6-2-1-3-7-12/h1-11H,17H2,(H2,16,18)/b11-10+. The molecule has 0 amide bonds. The number of hydrazone groups is 1. The van der Waals surface area contributed by atoms with Gasteiger partial charge >= 0.3 is 0 Å². The first kappa shape index (κ1) is 11.9. The van der Waals surface area contributed by atoms with Crippen LogP contribution in [0.1, 0.15) is 16.7 Å². The van der Waals surface area contributed by atoms with Gasteiger partial charge in [0.15, 0.2) is 5.84 Å². The van der Waals surface area contributed by atoms with E-state index in [2.05, 4.69) is 5.10 Å². The molecule has 2 aromatic rings. The molecule has 0 saturated carbocycles. The second kappa shape index (κ2) is 5.68. The van der Waals surface area contributed by atoms with Gasteiger partial charge in [0.05, 0.1) is 0 Å². The van der Waals surface area contributed by atoms with Gasteiger partial charge in [-0.1, -0.05) is 66.7 Å². The van der Waals surface area contributed by atoms with E-state index < -0.39 is 0 Å². The van der Waals surface area contributed by atoms with Gasteiger partial charge in [0.2, 0.25) is 0 Å². The molecule has 2 aromatic carbocycles. The lowest BCUT2D eigenvalue weighted by atomic mass is 10.1. The third kappa shape index (κ3) is 2.77. The van der Waals surface area contributed by atoms with Crippen molar-refractivity contribution < 1.29 is 0 Å². The van der Waals surface area contributed by atoms with Gasteiger partial charge in [-0.25, -0.2) is 0 Å². The molecule has 0 aliphatic rings. The predicted molar refractivity (Wildman–Crippen MR) is 76.7 cm³/mol. The molecular formula is C15H15N3. The minimum Gasteiger partial charge on any atom is -0.382 e. The highest BCUT2D eigenvalue weighted by atomic mass is 15.2. The van der Waals surface area contributed by atoms with Gasteiger partial charge in [-0.05, 0) is 11.1 Å². The van der Waals surface area contributed by atoms with E-state index in [1.54, 1.807) is 0 Å². The molecule has 90 valence electrons. The second-order valence-corrected chi connectivity index (χ2v) is 3.85. The van der Waals surface area contributed by atoms with E-state index >= 15 is 0 Å². The summed E-state index contributed by atoms with van der Waals surface area (Å²) in [6.45, 7) is 0. The van der Waals surface area contributed by atoms with Crippen molar-refractivity contribution in [1.29, 1.82) is 0 Å². The Hall–Kier alpha value is -2.55. The number of hydrogen-bond acceptors (Lipinski definition) is 2. The molecule has 4 N–H and O–H groups in total. The van der Waals surface area contributed by atoms with Gasteiger partial charge in [-0.2, -0.15) is 5.10 Å². The Bertz CT molecular complexity index is 571. The average Bonchev–Trinajstić information content (AvgIpc) is 2.45. The van der Waals surface area contributed by atoms with Crippen molar-refractivity contribution in [3.8, 4) is 0 Å². The number of benzene rings is 2. The zero-order valence-electron chi connectivity index (χ0n) is 9.95. The molecule has 0 saturated heterocycles. The van der Waals surface area contributed by atoms with Crippen LogP contribution in [0.3, 0.4) is 0 Å². The molecular weight excluding hydrogens is 222 g/mol. The lowest BCUT2D eigenvalue weighted by Crippen LogP contribution is -2.16. The summed E-state index contributed by atoms with van der Waals surface area (Å²) in [5, 5.41) is 3.53. The van der Waals surface area contributed by atoms with Crippen LogP contribution in [0, 0.1) is 0 Å². The van der Waals surface area contributed by atoms with Crippen LogP contribution in [0.2, 0.25) is 0 Å². The van der Waals surface area contributed by atoms with Gasteiger partial charge in [-0.3, -0.25) is 0 Å². The van der Waals surface area contributed by atoms with Crippen LogP contribution in [0.5, 0.6) is 0 Å².